The fraction of sp³-hybridized carbons (Fsp3) is 0.120. The van der Waals surface area contributed by atoms with Crippen molar-refractivity contribution in [2.75, 3.05) is 5.32 Å². The third-order valence-electron chi connectivity index (χ3n) is 4.55. The van der Waals surface area contributed by atoms with E-state index in [2.05, 4.69) is 37.4 Å². The van der Waals surface area contributed by atoms with Crippen LogP contribution in [0.25, 0.3) is 6.08 Å². The standard InChI is InChI=1S/C25H20Cl2N2O/c1-16-9-17(2)11-18(10-16)12-19-3-4-23(27)14-20(19)13-21(15-28)25(30)29-24-7-5-22(26)6-8-24/h3-11,13-14H,12H2,1-2H3,(H,29,30)/b21-13+. The molecule has 0 unspecified atom stereocenters. The number of rotatable bonds is 5. The van der Waals surface area contributed by atoms with Gasteiger partial charge in [-0.1, -0.05) is 58.6 Å². The number of carbonyl (C=O) groups excluding carboxylic acids is 1. The second-order valence-corrected chi connectivity index (χ2v) is 8.02. The van der Waals surface area contributed by atoms with E-state index in [9.17, 15) is 10.1 Å². The summed E-state index contributed by atoms with van der Waals surface area (Å²) >= 11 is 12.1. The Morgan fingerprint density at radius 3 is 2.23 bits per heavy atom. The van der Waals surface area contributed by atoms with Crippen molar-refractivity contribution in [1.82, 2.24) is 0 Å². The lowest BCUT2D eigenvalue weighted by Gasteiger charge is -2.10. The summed E-state index contributed by atoms with van der Waals surface area (Å²) in [6, 6.07) is 20.6. The molecule has 5 heteroatoms. The van der Waals surface area contributed by atoms with Crippen LogP contribution < -0.4 is 5.32 Å². The van der Waals surface area contributed by atoms with Crippen molar-refractivity contribution >= 4 is 40.9 Å². The molecule has 0 atom stereocenters. The molecular formula is C25H20Cl2N2O. The van der Waals surface area contributed by atoms with Gasteiger partial charge in [-0.3, -0.25) is 4.79 Å². The first-order valence-corrected chi connectivity index (χ1v) is 10.1. The number of carbonyl (C=O) groups is 1. The highest BCUT2D eigenvalue weighted by Crippen LogP contribution is 2.23. The average Bonchev–Trinajstić information content (AvgIpc) is 2.69. The molecule has 0 aromatic heterocycles. The minimum Gasteiger partial charge on any atom is -0.321 e. The first kappa shape index (κ1) is 21.6. The van der Waals surface area contributed by atoms with Gasteiger partial charge in [0.15, 0.2) is 0 Å². The Labute approximate surface area is 186 Å². The number of nitrogens with zero attached hydrogens (tertiary/aromatic N) is 1. The van der Waals surface area contributed by atoms with Gasteiger partial charge in [0.05, 0.1) is 0 Å². The van der Waals surface area contributed by atoms with Crippen LogP contribution in [0.15, 0.2) is 66.2 Å². The molecule has 0 bridgehead atoms. The normalized spacial score (nSPS) is 11.1. The largest absolute Gasteiger partial charge is 0.321 e. The number of amides is 1. The topological polar surface area (TPSA) is 52.9 Å². The maximum absolute atomic E-state index is 12.6. The van der Waals surface area contributed by atoms with E-state index in [-0.39, 0.29) is 5.57 Å². The van der Waals surface area contributed by atoms with Gasteiger partial charge < -0.3 is 5.32 Å². The van der Waals surface area contributed by atoms with Crippen LogP contribution >= 0.6 is 23.2 Å². The van der Waals surface area contributed by atoms with Crippen LogP contribution in [0.3, 0.4) is 0 Å². The van der Waals surface area contributed by atoms with Crippen molar-refractivity contribution in [3.05, 3.63) is 104 Å². The molecule has 0 aliphatic heterocycles. The molecule has 0 fully saturated rings. The quantitative estimate of drug-likeness (QED) is 0.356. The molecule has 0 heterocycles. The highest BCUT2D eigenvalue weighted by atomic mass is 35.5. The summed E-state index contributed by atoms with van der Waals surface area (Å²) in [5, 5.41) is 13.4. The number of hydrogen-bond donors (Lipinski definition) is 1. The summed E-state index contributed by atoms with van der Waals surface area (Å²) in [6.07, 6.45) is 2.25. The second-order valence-electron chi connectivity index (χ2n) is 7.15. The molecule has 0 aliphatic carbocycles. The fourth-order valence-electron chi connectivity index (χ4n) is 3.29. The second kappa shape index (κ2) is 9.63. The molecule has 0 aliphatic rings. The molecule has 3 aromatic rings. The van der Waals surface area contributed by atoms with Gasteiger partial charge in [-0.05, 0) is 79.4 Å². The molecule has 3 nitrogen and oxygen atoms in total. The minimum atomic E-state index is -0.489. The van der Waals surface area contributed by atoms with Gasteiger partial charge in [-0.15, -0.1) is 0 Å². The zero-order valence-electron chi connectivity index (χ0n) is 16.7. The van der Waals surface area contributed by atoms with Crippen LogP contribution in [-0.4, -0.2) is 5.91 Å². The summed E-state index contributed by atoms with van der Waals surface area (Å²) in [5.41, 5.74) is 5.82. The fourth-order valence-corrected chi connectivity index (χ4v) is 3.59. The van der Waals surface area contributed by atoms with Crippen LogP contribution in [-0.2, 0) is 11.2 Å². The number of aryl methyl sites for hydroxylation is 2. The lowest BCUT2D eigenvalue weighted by Crippen LogP contribution is -2.13. The molecule has 0 radical (unpaired) electrons. The first-order valence-electron chi connectivity index (χ1n) is 9.38. The van der Waals surface area contributed by atoms with E-state index in [0.717, 1.165) is 16.7 Å². The SMILES string of the molecule is Cc1cc(C)cc(Cc2ccc(Cl)cc2/C=C(\C#N)C(=O)Nc2ccc(Cl)cc2)c1. The van der Waals surface area contributed by atoms with E-state index in [0.29, 0.717) is 22.2 Å². The van der Waals surface area contributed by atoms with Gasteiger partial charge >= 0.3 is 0 Å². The van der Waals surface area contributed by atoms with Crippen molar-refractivity contribution in [1.29, 1.82) is 5.26 Å². The van der Waals surface area contributed by atoms with Crippen molar-refractivity contribution in [2.24, 2.45) is 0 Å². The van der Waals surface area contributed by atoms with E-state index < -0.39 is 5.91 Å². The first-order chi connectivity index (χ1) is 14.3. The number of hydrogen-bond acceptors (Lipinski definition) is 2. The van der Waals surface area contributed by atoms with Gasteiger partial charge in [-0.25, -0.2) is 0 Å². The van der Waals surface area contributed by atoms with Crippen LogP contribution in [0.4, 0.5) is 5.69 Å². The van der Waals surface area contributed by atoms with Crippen molar-refractivity contribution in [3.63, 3.8) is 0 Å². The summed E-state index contributed by atoms with van der Waals surface area (Å²) in [6.45, 7) is 4.13. The van der Waals surface area contributed by atoms with Gasteiger partial charge in [0.1, 0.15) is 11.6 Å². The molecule has 30 heavy (non-hydrogen) atoms. The minimum absolute atomic E-state index is 0.00566. The Morgan fingerprint density at radius 1 is 0.967 bits per heavy atom. The molecule has 1 N–H and O–H groups in total. The molecule has 0 spiro atoms. The summed E-state index contributed by atoms with van der Waals surface area (Å²) < 4.78 is 0. The van der Waals surface area contributed by atoms with E-state index in [1.807, 2.05) is 18.2 Å². The van der Waals surface area contributed by atoms with Crippen LogP contribution in [0.5, 0.6) is 0 Å². The number of halogens is 2. The Bertz CT molecular complexity index is 1140. The lowest BCUT2D eigenvalue weighted by atomic mass is 9.96. The zero-order chi connectivity index (χ0) is 21.7. The van der Waals surface area contributed by atoms with Crippen LogP contribution in [0.1, 0.15) is 27.8 Å². The predicted molar refractivity (Wildman–Crippen MR) is 124 cm³/mol. The summed E-state index contributed by atoms with van der Waals surface area (Å²) in [7, 11) is 0. The van der Waals surface area contributed by atoms with Crippen LogP contribution in [0.2, 0.25) is 10.0 Å². The Balaban J connectivity index is 1.91. The molecule has 0 saturated carbocycles. The number of nitriles is 1. The number of nitrogens with one attached hydrogen (secondary N) is 1. The Hall–Kier alpha value is -3.06. The maximum atomic E-state index is 12.6. The third kappa shape index (κ3) is 5.73. The Morgan fingerprint density at radius 2 is 1.60 bits per heavy atom. The monoisotopic (exact) mass is 434 g/mol. The molecule has 3 aromatic carbocycles. The Kier molecular flexibility index (Phi) is 6.95. The maximum Gasteiger partial charge on any atom is 0.266 e. The van der Waals surface area contributed by atoms with Crippen LogP contribution in [0, 0.1) is 25.2 Å². The molecular weight excluding hydrogens is 415 g/mol. The smallest absolute Gasteiger partial charge is 0.266 e. The van der Waals surface area contributed by atoms with E-state index >= 15 is 0 Å². The van der Waals surface area contributed by atoms with E-state index in [1.54, 1.807) is 36.4 Å². The summed E-state index contributed by atoms with van der Waals surface area (Å²) in [4.78, 5) is 12.6. The number of anilines is 1. The molecule has 3 rings (SSSR count). The third-order valence-corrected chi connectivity index (χ3v) is 5.04. The highest BCUT2D eigenvalue weighted by molar-refractivity contribution is 6.31. The average molecular weight is 435 g/mol. The highest BCUT2D eigenvalue weighted by Gasteiger charge is 2.12. The van der Waals surface area contributed by atoms with Gasteiger partial charge in [0.25, 0.3) is 5.91 Å². The zero-order valence-corrected chi connectivity index (χ0v) is 18.2. The predicted octanol–water partition coefficient (Wildman–Crippen LogP) is 6.75. The van der Waals surface area contributed by atoms with Crippen molar-refractivity contribution in [2.45, 2.75) is 20.3 Å². The molecule has 1 amide bonds. The van der Waals surface area contributed by atoms with E-state index in [1.165, 1.54) is 11.1 Å². The van der Waals surface area contributed by atoms with Gasteiger partial charge in [-0.2, -0.15) is 5.26 Å². The van der Waals surface area contributed by atoms with E-state index in [4.69, 9.17) is 23.2 Å². The molecule has 150 valence electrons. The van der Waals surface area contributed by atoms with Gasteiger partial charge in [0.2, 0.25) is 0 Å². The molecule has 0 saturated heterocycles. The number of benzene rings is 3. The van der Waals surface area contributed by atoms with Crippen molar-refractivity contribution in [3.8, 4) is 6.07 Å². The summed E-state index contributed by atoms with van der Waals surface area (Å²) in [5.74, 6) is -0.489. The lowest BCUT2D eigenvalue weighted by molar-refractivity contribution is -0.112. The van der Waals surface area contributed by atoms with Crippen molar-refractivity contribution < 1.29 is 4.79 Å². The van der Waals surface area contributed by atoms with Gasteiger partial charge in [0, 0.05) is 15.7 Å².